The Morgan fingerprint density at radius 3 is 2.92 bits per heavy atom. The molecule has 1 aliphatic carbocycles. The lowest BCUT2D eigenvalue weighted by molar-refractivity contribution is -0.0180. The van der Waals surface area contributed by atoms with Crippen molar-refractivity contribution in [1.82, 2.24) is 4.98 Å². The molecular formula is C7H8F2N2S. The number of fused-ring (bicyclic) bond motifs is 1. The van der Waals surface area contributed by atoms with Crippen molar-refractivity contribution in [3.05, 3.63) is 10.6 Å². The van der Waals surface area contributed by atoms with E-state index in [0.717, 1.165) is 11.3 Å². The van der Waals surface area contributed by atoms with Crippen molar-refractivity contribution < 1.29 is 8.78 Å². The molecule has 1 aliphatic rings. The molecule has 0 radical (unpaired) electrons. The van der Waals surface area contributed by atoms with Crippen LogP contribution in [0.1, 0.15) is 23.4 Å². The number of rotatable bonds is 0. The highest BCUT2D eigenvalue weighted by atomic mass is 32.1. The molecule has 12 heavy (non-hydrogen) atoms. The van der Waals surface area contributed by atoms with Crippen molar-refractivity contribution in [3.8, 4) is 0 Å². The first kappa shape index (κ1) is 7.91. The molecule has 0 fully saturated rings. The van der Waals surface area contributed by atoms with Gasteiger partial charge >= 0.3 is 0 Å². The zero-order chi connectivity index (χ0) is 8.77. The second-order valence-corrected chi connectivity index (χ2v) is 3.92. The number of anilines is 1. The molecule has 0 saturated heterocycles. The van der Waals surface area contributed by atoms with Crippen molar-refractivity contribution in [2.45, 2.75) is 25.2 Å². The lowest BCUT2D eigenvalue weighted by atomic mass is 10.00. The maximum absolute atomic E-state index is 13.1. The molecule has 0 bridgehead atoms. The molecule has 2 N–H and O–H groups in total. The average molecular weight is 190 g/mol. The normalized spacial score (nSPS) is 20.5. The van der Waals surface area contributed by atoms with Gasteiger partial charge in [0.2, 0.25) is 0 Å². The summed E-state index contributed by atoms with van der Waals surface area (Å²) in [5.74, 6) is -2.69. The molecule has 0 atom stereocenters. The van der Waals surface area contributed by atoms with E-state index >= 15 is 0 Å². The number of nitrogens with two attached hydrogens (primary N) is 1. The minimum absolute atomic E-state index is 0.0678. The summed E-state index contributed by atoms with van der Waals surface area (Å²) in [5, 5.41) is 0.251. The molecule has 1 heterocycles. The van der Waals surface area contributed by atoms with E-state index in [1.165, 1.54) is 0 Å². The monoisotopic (exact) mass is 190 g/mol. The third-order valence-electron chi connectivity index (χ3n) is 1.95. The average Bonchev–Trinajstić information content (AvgIpc) is 2.30. The van der Waals surface area contributed by atoms with Gasteiger partial charge in [0.1, 0.15) is 0 Å². The van der Waals surface area contributed by atoms with Crippen LogP contribution in [0.3, 0.4) is 0 Å². The minimum atomic E-state index is -2.69. The Bertz CT molecular complexity index is 308. The highest BCUT2D eigenvalue weighted by Crippen LogP contribution is 2.43. The lowest BCUT2D eigenvalue weighted by Gasteiger charge is -2.19. The molecular weight excluding hydrogens is 182 g/mol. The van der Waals surface area contributed by atoms with Gasteiger partial charge in [-0.3, -0.25) is 0 Å². The van der Waals surface area contributed by atoms with Crippen molar-refractivity contribution in [2.75, 3.05) is 5.73 Å². The number of halogens is 2. The fourth-order valence-electron chi connectivity index (χ4n) is 1.42. The first-order valence-electron chi connectivity index (χ1n) is 3.73. The van der Waals surface area contributed by atoms with Crippen LogP contribution >= 0.6 is 11.3 Å². The summed E-state index contributed by atoms with van der Waals surface area (Å²) in [4.78, 5) is 3.94. The summed E-state index contributed by atoms with van der Waals surface area (Å²) in [5.41, 5.74) is 5.85. The lowest BCUT2D eigenvalue weighted by Crippen LogP contribution is -2.18. The summed E-state index contributed by atoms with van der Waals surface area (Å²) in [6.45, 7) is 0. The van der Waals surface area contributed by atoms with E-state index in [4.69, 9.17) is 5.73 Å². The summed E-state index contributed by atoms with van der Waals surface area (Å²) in [6, 6.07) is 0. The van der Waals surface area contributed by atoms with Crippen LogP contribution in [-0.2, 0) is 12.3 Å². The third kappa shape index (κ3) is 1.08. The highest BCUT2D eigenvalue weighted by Gasteiger charge is 2.39. The number of aryl methyl sites for hydroxylation is 1. The number of aromatic nitrogens is 1. The minimum Gasteiger partial charge on any atom is -0.375 e. The first-order valence-corrected chi connectivity index (χ1v) is 4.55. The Balaban J connectivity index is 2.51. The maximum Gasteiger partial charge on any atom is 0.284 e. The molecule has 0 aliphatic heterocycles. The van der Waals surface area contributed by atoms with Gasteiger partial charge in [0, 0.05) is 6.42 Å². The van der Waals surface area contributed by atoms with Crippen LogP contribution < -0.4 is 5.73 Å². The molecule has 0 amide bonds. The van der Waals surface area contributed by atoms with E-state index in [0.29, 0.717) is 18.5 Å². The van der Waals surface area contributed by atoms with E-state index < -0.39 is 5.92 Å². The van der Waals surface area contributed by atoms with Crippen molar-refractivity contribution >= 4 is 16.5 Å². The van der Waals surface area contributed by atoms with Gasteiger partial charge in [-0.25, -0.2) is 13.8 Å². The molecule has 0 saturated carbocycles. The summed E-state index contributed by atoms with van der Waals surface area (Å²) in [6.07, 6.45) is 1.07. The van der Waals surface area contributed by atoms with Crippen molar-refractivity contribution in [3.63, 3.8) is 0 Å². The van der Waals surface area contributed by atoms with E-state index in [1.54, 1.807) is 0 Å². The Morgan fingerprint density at radius 1 is 1.50 bits per heavy atom. The second-order valence-electron chi connectivity index (χ2n) is 2.89. The predicted octanol–water partition coefficient (Wildman–Crippen LogP) is 2.15. The van der Waals surface area contributed by atoms with Crippen LogP contribution in [0, 0.1) is 0 Å². The van der Waals surface area contributed by atoms with Crippen LogP contribution in [0.15, 0.2) is 0 Å². The number of nitrogens with zero attached hydrogens (tertiary/aromatic N) is 1. The van der Waals surface area contributed by atoms with Gasteiger partial charge in [0.15, 0.2) is 5.13 Å². The fraction of sp³-hybridized carbons (Fsp3) is 0.571. The number of hydrogen-bond donors (Lipinski definition) is 1. The molecule has 66 valence electrons. The number of thiazole rings is 1. The standard InChI is InChI=1S/C7H8F2N2S/c8-7(9)3-1-2-4-5(7)12-6(10)11-4/h1-3H2,(H2,10,11). The Kier molecular flexibility index (Phi) is 1.57. The van der Waals surface area contributed by atoms with Crippen molar-refractivity contribution in [2.24, 2.45) is 0 Å². The first-order chi connectivity index (χ1) is 5.59. The fourth-order valence-corrected chi connectivity index (χ4v) is 2.30. The largest absolute Gasteiger partial charge is 0.375 e. The zero-order valence-electron chi connectivity index (χ0n) is 6.31. The van der Waals surface area contributed by atoms with Gasteiger partial charge in [-0.05, 0) is 12.8 Å². The number of hydrogen-bond acceptors (Lipinski definition) is 3. The van der Waals surface area contributed by atoms with Gasteiger partial charge in [0.25, 0.3) is 5.92 Å². The van der Waals surface area contributed by atoms with Crippen LogP contribution in [0.4, 0.5) is 13.9 Å². The Hall–Kier alpha value is -0.710. The molecule has 1 aromatic heterocycles. The van der Waals surface area contributed by atoms with E-state index in [-0.39, 0.29) is 16.4 Å². The molecule has 0 spiro atoms. The molecule has 0 aromatic carbocycles. The van der Waals surface area contributed by atoms with E-state index in [2.05, 4.69) is 4.98 Å². The molecule has 1 aromatic rings. The summed E-state index contributed by atoms with van der Waals surface area (Å²) < 4.78 is 26.3. The van der Waals surface area contributed by atoms with E-state index in [9.17, 15) is 8.78 Å². The zero-order valence-corrected chi connectivity index (χ0v) is 7.13. The van der Waals surface area contributed by atoms with Gasteiger partial charge in [-0.2, -0.15) is 0 Å². The third-order valence-corrected chi connectivity index (χ3v) is 2.99. The van der Waals surface area contributed by atoms with Gasteiger partial charge < -0.3 is 5.73 Å². The maximum atomic E-state index is 13.1. The van der Waals surface area contributed by atoms with Crippen LogP contribution in [-0.4, -0.2) is 4.98 Å². The Morgan fingerprint density at radius 2 is 2.25 bits per heavy atom. The molecule has 2 rings (SSSR count). The Labute approximate surface area is 72.4 Å². The smallest absolute Gasteiger partial charge is 0.284 e. The summed E-state index contributed by atoms with van der Waals surface area (Å²) >= 11 is 0.914. The quantitative estimate of drug-likeness (QED) is 0.680. The van der Waals surface area contributed by atoms with Crippen LogP contribution in [0.2, 0.25) is 0 Å². The number of alkyl halides is 2. The van der Waals surface area contributed by atoms with Crippen LogP contribution in [0.5, 0.6) is 0 Å². The highest BCUT2D eigenvalue weighted by molar-refractivity contribution is 7.15. The predicted molar refractivity (Wildman–Crippen MR) is 43.4 cm³/mol. The van der Waals surface area contributed by atoms with Gasteiger partial charge in [0.05, 0.1) is 10.6 Å². The molecule has 2 nitrogen and oxygen atoms in total. The van der Waals surface area contributed by atoms with E-state index in [1.807, 2.05) is 0 Å². The van der Waals surface area contributed by atoms with Crippen molar-refractivity contribution in [1.29, 1.82) is 0 Å². The number of nitrogen functional groups attached to an aromatic ring is 1. The topological polar surface area (TPSA) is 38.9 Å². The SMILES string of the molecule is Nc1nc2c(s1)C(F)(F)CCC2. The van der Waals surface area contributed by atoms with Gasteiger partial charge in [-0.15, -0.1) is 0 Å². The second kappa shape index (κ2) is 2.39. The molecule has 0 unspecified atom stereocenters. The summed E-state index contributed by atoms with van der Waals surface area (Å²) in [7, 11) is 0. The molecule has 5 heteroatoms. The van der Waals surface area contributed by atoms with Crippen LogP contribution in [0.25, 0.3) is 0 Å². The van der Waals surface area contributed by atoms with Gasteiger partial charge in [-0.1, -0.05) is 11.3 Å².